The lowest BCUT2D eigenvalue weighted by atomic mass is 10.2. The van der Waals surface area contributed by atoms with Gasteiger partial charge >= 0.3 is 11.9 Å². The number of hydrogen-bond acceptors (Lipinski definition) is 6. The SMILES string of the molecule is COCCNCc1ccc(OC)cc1OC.O=C(O)C(=O)O. The van der Waals surface area contributed by atoms with E-state index in [9.17, 15) is 0 Å². The Hall–Kier alpha value is -2.32. The molecular formula is C14H21NO7. The number of aliphatic carboxylic acids is 2. The molecule has 1 aromatic rings. The van der Waals surface area contributed by atoms with Crippen molar-refractivity contribution in [3.63, 3.8) is 0 Å². The van der Waals surface area contributed by atoms with Gasteiger partial charge in [0, 0.05) is 31.8 Å². The van der Waals surface area contributed by atoms with E-state index in [0.717, 1.165) is 30.2 Å². The number of carboxylic acids is 2. The first-order chi connectivity index (χ1) is 10.5. The summed E-state index contributed by atoms with van der Waals surface area (Å²) in [6.07, 6.45) is 0. The summed E-state index contributed by atoms with van der Waals surface area (Å²) in [7, 11) is 4.99. The lowest BCUT2D eigenvalue weighted by Crippen LogP contribution is -2.18. The first kappa shape index (κ1) is 19.7. The number of nitrogens with one attached hydrogen (secondary N) is 1. The van der Waals surface area contributed by atoms with E-state index >= 15 is 0 Å². The molecule has 1 aromatic carbocycles. The van der Waals surface area contributed by atoms with Gasteiger partial charge in [-0.2, -0.15) is 0 Å². The molecule has 3 N–H and O–H groups in total. The van der Waals surface area contributed by atoms with E-state index in [2.05, 4.69) is 5.32 Å². The van der Waals surface area contributed by atoms with Crippen LogP contribution in [0.1, 0.15) is 5.56 Å². The average molecular weight is 315 g/mol. The van der Waals surface area contributed by atoms with Crippen LogP contribution in [0.25, 0.3) is 0 Å². The molecule has 124 valence electrons. The standard InChI is InChI=1S/C12H19NO3.C2H2O4/c1-14-7-6-13-9-10-4-5-11(15-2)8-12(10)16-3;3-1(4)2(5)6/h4-5,8,13H,6-7,9H2,1-3H3;(H,3,4)(H,5,6). The van der Waals surface area contributed by atoms with E-state index in [1.807, 2.05) is 18.2 Å². The van der Waals surface area contributed by atoms with Gasteiger partial charge in [-0.05, 0) is 6.07 Å². The van der Waals surface area contributed by atoms with Crippen LogP contribution in [0.2, 0.25) is 0 Å². The van der Waals surface area contributed by atoms with Crippen LogP contribution < -0.4 is 14.8 Å². The zero-order chi connectivity index (χ0) is 17.0. The number of ether oxygens (including phenoxy) is 3. The summed E-state index contributed by atoms with van der Waals surface area (Å²) in [6, 6.07) is 5.81. The number of benzene rings is 1. The van der Waals surface area contributed by atoms with E-state index in [-0.39, 0.29) is 0 Å². The van der Waals surface area contributed by atoms with Gasteiger partial charge in [0.15, 0.2) is 0 Å². The van der Waals surface area contributed by atoms with Gasteiger partial charge in [-0.15, -0.1) is 0 Å². The Balaban J connectivity index is 0.000000626. The Kier molecular flexibility index (Phi) is 10.2. The van der Waals surface area contributed by atoms with Crippen molar-refractivity contribution < 1.29 is 34.0 Å². The van der Waals surface area contributed by atoms with Crippen LogP contribution in [0.4, 0.5) is 0 Å². The second-order valence-electron chi connectivity index (χ2n) is 3.96. The number of carboxylic acid groups (broad SMARTS) is 2. The second-order valence-corrected chi connectivity index (χ2v) is 3.96. The molecule has 0 aliphatic rings. The van der Waals surface area contributed by atoms with Crippen LogP contribution in [-0.2, 0) is 20.9 Å². The zero-order valence-corrected chi connectivity index (χ0v) is 12.8. The third-order valence-corrected chi connectivity index (χ3v) is 2.48. The van der Waals surface area contributed by atoms with Crippen molar-refractivity contribution in [2.75, 3.05) is 34.5 Å². The highest BCUT2D eigenvalue weighted by atomic mass is 16.5. The summed E-state index contributed by atoms with van der Waals surface area (Å²) >= 11 is 0. The Morgan fingerprint density at radius 1 is 1.09 bits per heavy atom. The number of methoxy groups -OCH3 is 3. The minimum absolute atomic E-state index is 0.707. The molecule has 0 spiro atoms. The zero-order valence-electron chi connectivity index (χ0n) is 12.8. The first-order valence-corrected chi connectivity index (χ1v) is 6.33. The van der Waals surface area contributed by atoms with Crippen LogP contribution in [0.15, 0.2) is 18.2 Å². The highest BCUT2D eigenvalue weighted by Gasteiger charge is 2.04. The predicted molar refractivity (Wildman–Crippen MR) is 78.4 cm³/mol. The molecule has 0 aliphatic carbocycles. The summed E-state index contributed by atoms with van der Waals surface area (Å²) in [5, 5.41) is 18.1. The van der Waals surface area contributed by atoms with Crippen molar-refractivity contribution in [2.24, 2.45) is 0 Å². The molecule has 0 radical (unpaired) electrons. The van der Waals surface area contributed by atoms with Crippen LogP contribution in [0.3, 0.4) is 0 Å². The minimum atomic E-state index is -1.82. The largest absolute Gasteiger partial charge is 0.497 e. The quantitative estimate of drug-likeness (QED) is 0.495. The van der Waals surface area contributed by atoms with E-state index in [1.165, 1.54) is 0 Å². The van der Waals surface area contributed by atoms with Crippen molar-refractivity contribution in [3.05, 3.63) is 23.8 Å². The lowest BCUT2D eigenvalue weighted by Gasteiger charge is -2.11. The summed E-state index contributed by atoms with van der Waals surface area (Å²) < 4.78 is 15.4. The maximum Gasteiger partial charge on any atom is 0.414 e. The topological polar surface area (TPSA) is 114 Å². The second kappa shape index (κ2) is 11.4. The van der Waals surface area contributed by atoms with Gasteiger partial charge in [-0.3, -0.25) is 0 Å². The molecule has 1 rings (SSSR count). The minimum Gasteiger partial charge on any atom is -0.497 e. The van der Waals surface area contributed by atoms with Crippen molar-refractivity contribution in [2.45, 2.75) is 6.54 Å². The molecule has 0 aromatic heterocycles. The summed E-state index contributed by atoms with van der Waals surface area (Å²) in [6.45, 7) is 2.29. The maximum atomic E-state index is 9.10. The first-order valence-electron chi connectivity index (χ1n) is 6.33. The average Bonchev–Trinajstić information content (AvgIpc) is 2.52. The van der Waals surface area contributed by atoms with Crippen molar-refractivity contribution in [1.82, 2.24) is 5.32 Å². The van der Waals surface area contributed by atoms with E-state index in [0.29, 0.717) is 6.61 Å². The third-order valence-electron chi connectivity index (χ3n) is 2.48. The van der Waals surface area contributed by atoms with E-state index in [4.69, 9.17) is 34.0 Å². The molecule has 8 nitrogen and oxygen atoms in total. The molecule has 0 bridgehead atoms. The summed E-state index contributed by atoms with van der Waals surface area (Å²) in [5.74, 6) is -2.01. The molecule has 22 heavy (non-hydrogen) atoms. The highest BCUT2D eigenvalue weighted by Crippen LogP contribution is 2.24. The van der Waals surface area contributed by atoms with Crippen LogP contribution in [0.5, 0.6) is 11.5 Å². The fraction of sp³-hybridized carbons (Fsp3) is 0.429. The molecule has 8 heteroatoms. The highest BCUT2D eigenvalue weighted by molar-refractivity contribution is 6.27. The lowest BCUT2D eigenvalue weighted by molar-refractivity contribution is -0.159. The van der Waals surface area contributed by atoms with Gasteiger partial charge in [0.25, 0.3) is 0 Å². The van der Waals surface area contributed by atoms with Gasteiger partial charge < -0.3 is 29.7 Å². The number of rotatable bonds is 7. The monoisotopic (exact) mass is 315 g/mol. The molecule has 0 saturated carbocycles. The van der Waals surface area contributed by atoms with Crippen molar-refractivity contribution >= 4 is 11.9 Å². The third kappa shape index (κ3) is 8.08. The van der Waals surface area contributed by atoms with Crippen molar-refractivity contribution in [1.29, 1.82) is 0 Å². The molecule has 0 heterocycles. The Morgan fingerprint density at radius 3 is 2.18 bits per heavy atom. The Labute approximate surface area is 128 Å². The maximum absolute atomic E-state index is 9.10. The summed E-state index contributed by atoms with van der Waals surface area (Å²) in [4.78, 5) is 18.2. The van der Waals surface area contributed by atoms with Crippen LogP contribution in [0, 0.1) is 0 Å². The van der Waals surface area contributed by atoms with Gasteiger partial charge in [0.1, 0.15) is 11.5 Å². The fourth-order valence-electron chi connectivity index (χ4n) is 1.40. The Bertz CT molecular complexity index is 464. The van der Waals surface area contributed by atoms with Gasteiger partial charge in [0.2, 0.25) is 0 Å². The molecule has 0 fully saturated rings. The van der Waals surface area contributed by atoms with Gasteiger partial charge in [-0.25, -0.2) is 9.59 Å². The molecule has 0 atom stereocenters. The van der Waals surface area contributed by atoms with Crippen molar-refractivity contribution in [3.8, 4) is 11.5 Å². The van der Waals surface area contributed by atoms with Crippen LogP contribution in [-0.4, -0.2) is 56.6 Å². The predicted octanol–water partition coefficient (Wildman–Crippen LogP) is 0.595. The Morgan fingerprint density at radius 2 is 1.73 bits per heavy atom. The number of hydrogen-bond donors (Lipinski definition) is 3. The van der Waals surface area contributed by atoms with Gasteiger partial charge in [0.05, 0.1) is 20.8 Å². The molecule has 0 saturated heterocycles. The van der Waals surface area contributed by atoms with E-state index in [1.54, 1.807) is 21.3 Å². The molecule has 0 aliphatic heterocycles. The fourth-order valence-corrected chi connectivity index (χ4v) is 1.40. The smallest absolute Gasteiger partial charge is 0.414 e. The molecule has 0 amide bonds. The molecule has 0 unspecified atom stereocenters. The van der Waals surface area contributed by atoms with Gasteiger partial charge in [-0.1, -0.05) is 6.07 Å². The van der Waals surface area contributed by atoms with E-state index < -0.39 is 11.9 Å². The normalized spacial score (nSPS) is 9.41. The van der Waals surface area contributed by atoms with Crippen LogP contribution >= 0.6 is 0 Å². The summed E-state index contributed by atoms with van der Waals surface area (Å²) in [5.41, 5.74) is 1.11. The number of carbonyl (C=O) groups is 2. The molecular weight excluding hydrogens is 294 g/mol.